The Morgan fingerprint density at radius 1 is 0.967 bits per heavy atom. The van der Waals surface area contributed by atoms with Crippen LogP contribution in [0.3, 0.4) is 0 Å². The zero-order chi connectivity index (χ0) is 24.1. The fourth-order valence-corrected chi connectivity index (χ4v) is 1.62. The van der Waals surface area contributed by atoms with E-state index in [2.05, 4.69) is 22.6 Å². The summed E-state index contributed by atoms with van der Waals surface area (Å²) in [6.45, 7) is 16.7. The van der Waals surface area contributed by atoms with Gasteiger partial charge in [0.1, 0.15) is 0 Å². The minimum absolute atomic E-state index is 0.245. The molecule has 0 saturated carbocycles. The number of carbonyl (C=O) groups is 3. The number of methoxy groups -OCH3 is 2. The molecule has 0 aromatic rings. The van der Waals surface area contributed by atoms with Gasteiger partial charge in [0.15, 0.2) is 0 Å². The molecule has 0 aliphatic rings. The molecule has 8 nitrogen and oxygen atoms in total. The van der Waals surface area contributed by atoms with E-state index in [4.69, 9.17) is 4.84 Å². The summed E-state index contributed by atoms with van der Waals surface area (Å²) >= 11 is 0. The van der Waals surface area contributed by atoms with Crippen molar-refractivity contribution in [3.05, 3.63) is 36.5 Å². The number of nitrogens with zero attached hydrogens (tertiary/aromatic N) is 2. The predicted molar refractivity (Wildman–Crippen MR) is 120 cm³/mol. The Morgan fingerprint density at radius 2 is 1.50 bits per heavy atom. The highest BCUT2D eigenvalue weighted by molar-refractivity contribution is 5.87. The summed E-state index contributed by atoms with van der Waals surface area (Å²) in [6, 6.07) is 0. The molecule has 0 bridgehead atoms. The van der Waals surface area contributed by atoms with Gasteiger partial charge < -0.3 is 19.2 Å². The molecule has 30 heavy (non-hydrogen) atoms. The molecule has 0 atom stereocenters. The maximum Gasteiger partial charge on any atom is 0.352 e. The first-order valence-electron chi connectivity index (χ1n) is 9.79. The molecular weight excluding hydrogens is 388 g/mol. The number of rotatable bonds is 10. The fourth-order valence-electron chi connectivity index (χ4n) is 1.62. The van der Waals surface area contributed by atoms with Crippen LogP contribution in [0.25, 0.3) is 0 Å². The van der Waals surface area contributed by atoms with Crippen molar-refractivity contribution < 1.29 is 28.7 Å². The number of hydrogen-bond donors (Lipinski definition) is 0. The molecule has 0 spiro atoms. The second-order valence-corrected chi connectivity index (χ2v) is 6.16. The van der Waals surface area contributed by atoms with Crippen molar-refractivity contribution in [3.63, 3.8) is 0 Å². The average Bonchev–Trinajstić information content (AvgIpc) is 2.75. The van der Waals surface area contributed by atoms with E-state index in [0.29, 0.717) is 17.6 Å². The fraction of sp³-hybridized carbons (Fsp3) is 0.591. The number of allylic oxidation sites excluding steroid dienone is 1. The van der Waals surface area contributed by atoms with Gasteiger partial charge in [-0.2, -0.15) is 0 Å². The number of esters is 2. The number of ether oxygens (including phenoxy) is 2. The van der Waals surface area contributed by atoms with Gasteiger partial charge in [-0.25, -0.2) is 14.4 Å². The van der Waals surface area contributed by atoms with Crippen molar-refractivity contribution in [2.75, 3.05) is 47.9 Å². The molecule has 0 aliphatic carbocycles. The third-order valence-electron chi connectivity index (χ3n) is 3.45. The maximum absolute atomic E-state index is 11.3. The quantitative estimate of drug-likeness (QED) is 0.298. The smallest absolute Gasteiger partial charge is 0.352 e. The van der Waals surface area contributed by atoms with Crippen molar-refractivity contribution in [1.82, 2.24) is 9.96 Å². The molecule has 0 aromatic carbocycles. The van der Waals surface area contributed by atoms with Crippen LogP contribution in [0.4, 0.5) is 0 Å². The third kappa shape index (κ3) is 20.3. The lowest BCUT2D eigenvalue weighted by Crippen LogP contribution is -2.27. The summed E-state index contributed by atoms with van der Waals surface area (Å²) in [5, 5.41) is 1.63. The number of hydroxylamine groups is 2. The van der Waals surface area contributed by atoms with Crippen LogP contribution >= 0.6 is 0 Å². The molecule has 0 aromatic heterocycles. The monoisotopic (exact) mass is 428 g/mol. The van der Waals surface area contributed by atoms with Crippen molar-refractivity contribution in [3.8, 4) is 0 Å². The molecule has 0 amide bonds. The zero-order valence-electron chi connectivity index (χ0n) is 19.9. The van der Waals surface area contributed by atoms with Crippen LogP contribution in [0.1, 0.15) is 40.5 Å². The summed E-state index contributed by atoms with van der Waals surface area (Å²) in [4.78, 5) is 39.0. The second-order valence-electron chi connectivity index (χ2n) is 6.16. The van der Waals surface area contributed by atoms with E-state index in [-0.39, 0.29) is 11.9 Å². The van der Waals surface area contributed by atoms with Crippen molar-refractivity contribution in [1.29, 1.82) is 0 Å². The molecule has 0 unspecified atom stereocenters. The van der Waals surface area contributed by atoms with E-state index in [1.807, 2.05) is 45.8 Å². The van der Waals surface area contributed by atoms with E-state index >= 15 is 0 Å². The molecule has 0 heterocycles. The minimum atomic E-state index is -0.394. The van der Waals surface area contributed by atoms with E-state index < -0.39 is 5.97 Å². The highest BCUT2D eigenvalue weighted by Crippen LogP contribution is 2.01. The maximum atomic E-state index is 11.3. The highest BCUT2D eigenvalue weighted by Gasteiger charge is 2.09. The van der Waals surface area contributed by atoms with Gasteiger partial charge >= 0.3 is 17.9 Å². The van der Waals surface area contributed by atoms with Gasteiger partial charge in [0.25, 0.3) is 0 Å². The summed E-state index contributed by atoms with van der Waals surface area (Å²) in [7, 11) is 6.57. The minimum Gasteiger partial charge on any atom is -0.466 e. The van der Waals surface area contributed by atoms with Crippen molar-refractivity contribution in [2.45, 2.75) is 40.5 Å². The third-order valence-corrected chi connectivity index (χ3v) is 3.45. The van der Waals surface area contributed by atoms with E-state index in [0.717, 1.165) is 32.1 Å². The van der Waals surface area contributed by atoms with Gasteiger partial charge in [-0.15, -0.1) is 5.06 Å². The van der Waals surface area contributed by atoms with Crippen LogP contribution in [-0.4, -0.2) is 75.8 Å². The van der Waals surface area contributed by atoms with E-state index in [1.165, 1.54) is 14.2 Å². The Kier molecular flexibility index (Phi) is 22.8. The van der Waals surface area contributed by atoms with Gasteiger partial charge in [-0.05, 0) is 47.7 Å². The average molecular weight is 429 g/mol. The van der Waals surface area contributed by atoms with E-state index in [9.17, 15) is 14.4 Å². The molecule has 0 saturated heterocycles. The van der Waals surface area contributed by atoms with Gasteiger partial charge in [0, 0.05) is 36.9 Å². The molecule has 0 N–H and O–H groups in total. The second kappa shape index (κ2) is 21.3. The molecule has 8 heteroatoms. The van der Waals surface area contributed by atoms with Crippen LogP contribution in [0.15, 0.2) is 36.5 Å². The predicted octanol–water partition coefficient (Wildman–Crippen LogP) is 3.16. The Hall–Kier alpha value is -2.45. The first-order valence-corrected chi connectivity index (χ1v) is 9.79. The summed E-state index contributed by atoms with van der Waals surface area (Å²) in [5.74, 6) is -0.951. The van der Waals surface area contributed by atoms with Crippen LogP contribution in [0.5, 0.6) is 0 Å². The highest BCUT2D eigenvalue weighted by atomic mass is 16.7. The van der Waals surface area contributed by atoms with Crippen LogP contribution in [0.2, 0.25) is 0 Å². The Balaban J connectivity index is -0.000000389. The van der Waals surface area contributed by atoms with E-state index in [1.54, 1.807) is 12.0 Å². The first-order chi connectivity index (χ1) is 14.0. The SMILES string of the molecule is C=C(CCN(C)C)C(=O)OC.C=CC(=O)OC.CCC=C(C)C(=O)ON(CC)CC. The zero-order valence-corrected chi connectivity index (χ0v) is 19.9. The Morgan fingerprint density at radius 3 is 1.80 bits per heavy atom. The lowest BCUT2D eigenvalue weighted by atomic mass is 10.2. The molecule has 0 radical (unpaired) electrons. The molecule has 0 aliphatic heterocycles. The summed E-state index contributed by atoms with van der Waals surface area (Å²) < 4.78 is 8.63. The molecule has 174 valence electrons. The summed E-state index contributed by atoms with van der Waals surface area (Å²) in [6.07, 6.45) is 4.50. The van der Waals surface area contributed by atoms with Crippen LogP contribution < -0.4 is 0 Å². The van der Waals surface area contributed by atoms with Crippen molar-refractivity contribution >= 4 is 17.9 Å². The lowest BCUT2D eigenvalue weighted by Gasteiger charge is -2.17. The van der Waals surface area contributed by atoms with Gasteiger partial charge in [0.2, 0.25) is 0 Å². The summed E-state index contributed by atoms with van der Waals surface area (Å²) in [5.41, 5.74) is 1.20. The van der Waals surface area contributed by atoms with Crippen molar-refractivity contribution in [2.24, 2.45) is 0 Å². The Bertz CT molecular complexity index is 552. The lowest BCUT2D eigenvalue weighted by molar-refractivity contribution is -0.183. The number of carbonyl (C=O) groups excluding carboxylic acids is 3. The topological polar surface area (TPSA) is 85.4 Å². The van der Waals surface area contributed by atoms with Gasteiger partial charge in [0.05, 0.1) is 14.2 Å². The molecular formula is C22H40N2O6. The van der Waals surface area contributed by atoms with Gasteiger partial charge in [-0.1, -0.05) is 26.2 Å². The standard InChI is InChI=1S/C10H19NO2.C8H15NO2.C4H6O2/c1-5-8-9(4)10(12)13-11(6-2)7-3;1-7(8(10)11-4)5-6-9(2)3;1-3-4(5)6-2/h8H,5-7H2,1-4H3;1,5-6H2,2-4H3;3H,1H2,2H3. The van der Waals surface area contributed by atoms with Crippen LogP contribution in [0, 0.1) is 0 Å². The van der Waals surface area contributed by atoms with Crippen LogP contribution in [-0.2, 0) is 28.7 Å². The van der Waals surface area contributed by atoms with Gasteiger partial charge in [-0.3, -0.25) is 0 Å². The molecule has 0 fully saturated rings. The first kappa shape index (κ1) is 32.2. The largest absolute Gasteiger partial charge is 0.466 e. The molecule has 0 rings (SSSR count). The number of hydrogen-bond acceptors (Lipinski definition) is 8. The Labute approximate surface area is 182 Å². The normalized spacial score (nSPS) is 10.1.